The van der Waals surface area contributed by atoms with E-state index in [0.29, 0.717) is 17.2 Å². The molecule has 2 heterocycles. The Morgan fingerprint density at radius 1 is 1.04 bits per heavy atom. The second-order valence-electron chi connectivity index (χ2n) is 8.47. The first-order valence-corrected chi connectivity index (χ1v) is 14.3. The predicted molar refractivity (Wildman–Crippen MR) is 108 cm³/mol. The summed E-state index contributed by atoms with van der Waals surface area (Å²) in [6, 6.07) is 0. The zero-order valence-corrected chi connectivity index (χ0v) is 18.4. The standard InChI is InChI=1S/C18H36O2S2Si/c1-18(2,3)23(4,5)19-11-10-15-8-6-9-16(20-15)14-17-21-12-7-13-22-17/h15-17H,6-14H2,1-5H3/t15-,16+/m1/s1. The van der Waals surface area contributed by atoms with Crippen molar-refractivity contribution in [3.8, 4) is 0 Å². The molecule has 0 aromatic rings. The van der Waals surface area contributed by atoms with Crippen molar-refractivity contribution in [2.24, 2.45) is 0 Å². The maximum atomic E-state index is 6.40. The van der Waals surface area contributed by atoms with Gasteiger partial charge in [0.25, 0.3) is 0 Å². The van der Waals surface area contributed by atoms with E-state index in [4.69, 9.17) is 9.16 Å². The summed E-state index contributed by atoms with van der Waals surface area (Å²) >= 11 is 4.29. The molecule has 0 aromatic heterocycles. The molecule has 5 heteroatoms. The third-order valence-electron chi connectivity index (χ3n) is 5.50. The molecule has 0 bridgehead atoms. The average Bonchev–Trinajstić information content (AvgIpc) is 2.47. The molecule has 23 heavy (non-hydrogen) atoms. The normalized spacial score (nSPS) is 28.0. The van der Waals surface area contributed by atoms with Crippen LogP contribution in [0.25, 0.3) is 0 Å². The smallest absolute Gasteiger partial charge is 0.191 e. The maximum absolute atomic E-state index is 6.40. The van der Waals surface area contributed by atoms with Crippen LogP contribution in [0, 0.1) is 0 Å². The van der Waals surface area contributed by atoms with Crippen LogP contribution in [0.15, 0.2) is 0 Å². The first-order chi connectivity index (χ1) is 10.8. The lowest BCUT2D eigenvalue weighted by Gasteiger charge is -2.37. The van der Waals surface area contributed by atoms with Crippen LogP contribution in [0.3, 0.4) is 0 Å². The lowest BCUT2D eigenvalue weighted by Crippen LogP contribution is -2.41. The molecule has 2 atom stereocenters. The summed E-state index contributed by atoms with van der Waals surface area (Å²) in [6.45, 7) is 12.5. The SMILES string of the molecule is CC(C)(C)[Si](C)(C)OCC[C@H]1CCC[C@@H](CC2SCCCS2)O1. The van der Waals surface area contributed by atoms with Crippen molar-refractivity contribution in [1.29, 1.82) is 0 Å². The molecule has 0 N–H and O–H groups in total. The van der Waals surface area contributed by atoms with Gasteiger partial charge in [0.05, 0.1) is 16.8 Å². The van der Waals surface area contributed by atoms with E-state index in [2.05, 4.69) is 57.4 Å². The van der Waals surface area contributed by atoms with E-state index in [-0.39, 0.29) is 0 Å². The molecule has 0 spiro atoms. The molecule has 0 amide bonds. The van der Waals surface area contributed by atoms with Crippen LogP contribution in [0.5, 0.6) is 0 Å². The van der Waals surface area contributed by atoms with Crippen LogP contribution in [0.4, 0.5) is 0 Å². The molecule has 136 valence electrons. The maximum Gasteiger partial charge on any atom is 0.191 e. The van der Waals surface area contributed by atoms with Gasteiger partial charge in [0.15, 0.2) is 8.32 Å². The summed E-state index contributed by atoms with van der Waals surface area (Å²) in [4.78, 5) is 0. The average molecular weight is 377 g/mol. The van der Waals surface area contributed by atoms with Gasteiger partial charge in [-0.25, -0.2) is 0 Å². The van der Waals surface area contributed by atoms with Gasteiger partial charge < -0.3 is 9.16 Å². The van der Waals surface area contributed by atoms with E-state index >= 15 is 0 Å². The highest BCUT2D eigenvalue weighted by atomic mass is 32.2. The van der Waals surface area contributed by atoms with Gasteiger partial charge >= 0.3 is 0 Å². The van der Waals surface area contributed by atoms with E-state index in [1.54, 1.807) is 0 Å². The molecule has 0 aromatic carbocycles. The zero-order chi connectivity index (χ0) is 16.9. The van der Waals surface area contributed by atoms with Crippen molar-refractivity contribution in [3.05, 3.63) is 0 Å². The first kappa shape index (κ1) is 20.2. The largest absolute Gasteiger partial charge is 0.417 e. The second kappa shape index (κ2) is 8.97. The molecular formula is C18H36O2S2Si. The summed E-state index contributed by atoms with van der Waals surface area (Å²) in [6.07, 6.45) is 8.44. The fraction of sp³-hybridized carbons (Fsp3) is 1.00. The van der Waals surface area contributed by atoms with E-state index in [0.717, 1.165) is 17.6 Å². The first-order valence-electron chi connectivity index (χ1n) is 9.30. The van der Waals surface area contributed by atoms with E-state index in [9.17, 15) is 0 Å². The minimum absolute atomic E-state index is 0.304. The van der Waals surface area contributed by atoms with Gasteiger partial charge in [-0.15, -0.1) is 23.5 Å². The lowest BCUT2D eigenvalue weighted by molar-refractivity contribution is -0.0588. The highest BCUT2D eigenvalue weighted by Crippen LogP contribution is 2.38. The zero-order valence-electron chi connectivity index (χ0n) is 15.7. The number of hydrogen-bond donors (Lipinski definition) is 0. The Hall–Kier alpha value is 0.837. The summed E-state index contributed by atoms with van der Waals surface area (Å²) in [5.41, 5.74) is 0. The second-order valence-corrected chi connectivity index (χ2v) is 16.2. The third-order valence-corrected chi connectivity index (χ3v) is 13.0. The Balaban J connectivity index is 1.69. The topological polar surface area (TPSA) is 18.5 Å². The van der Waals surface area contributed by atoms with Gasteiger partial charge in [-0.05, 0) is 68.2 Å². The van der Waals surface area contributed by atoms with Gasteiger partial charge in [0.2, 0.25) is 0 Å². The predicted octanol–water partition coefficient (Wildman–Crippen LogP) is 5.92. The molecule has 0 unspecified atom stereocenters. The van der Waals surface area contributed by atoms with Crippen molar-refractivity contribution in [2.45, 2.75) is 94.2 Å². The molecule has 0 radical (unpaired) electrons. The fourth-order valence-corrected chi connectivity index (χ4v) is 6.97. The summed E-state index contributed by atoms with van der Waals surface area (Å²) in [5, 5.41) is 0.304. The Labute approximate surface area is 153 Å². The summed E-state index contributed by atoms with van der Waals surface area (Å²) in [5.74, 6) is 2.68. The number of hydrogen-bond acceptors (Lipinski definition) is 4. The Morgan fingerprint density at radius 2 is 1.70 bits per heavy atom. The third kappa shape index (κ3) is 6.57. The van der Waals surface area contributed by atoms with Gasteiger partial charge in [0, 0.05) is 6.61 Å². The summed E-state index contributed by atoms with van der Waals surface area (Å²) < 4.78 is 13.5. The van der Waals surface area contributed by atoms with Crippen LogP contribution in [0.1, 0.15) is 59.3 Å². The van der Waals surface area contributed by atoms with Crippen molar-refractivity contribution >= 4 is 31.8 Å². The minimum Gasteiger partial charge on any atom is -0.417 e. The van der Waals surface area contributed by atoms with Crippen molar-refractivity contribution in [2.75, 3.05) is 18.1 Å². The van der Waals surface area contributed by atoms with Crippen LogP contribution >= 0.6 is 23.5 Å². The number of ether oxygens (including phenoxy) is 1. The Kier molecular flexibility index (Phi) is 7.86. The lowest BCUT2D eigenvalue weighted by atomic mass is 10.0. The molecule has 0 aliphatic carbocycles. The van der Waals surface area contributed by atoms with Crippen LogP contribution in [-0.4, -0.2) is 43.2 Å². The van der Waals surface area contributed by atoms with E-state index in [1.807, 2.05) is 0 Å². The molecule has 2 aliphatic heterocycles. The van der Waals surface area contributed by atoms with E-state index < -0.39 is 8.32 Å². The van der Waals surface area contributed by atoms with Crippen LogP contribution < -0.4 is 0 Å². The molecular weight excluding hydrogens is 340 g/mol. The van der Waals surface area contributed by atoms with E-state index in [1.165, 1.54) is 43.6 Å². The monoisotopic (exact) mass is 376 g/mol. The van der Waals surface area contributed by atoms with Crippen LogP contribution in [-0.2, 0) is 9.16 Å². The molecule has 2 fully saturated rings. The Morgan fingerprint density at radius 3 is 2.35 bits per heavy atom. The molecule has 2 aliphatic rings. The van der Waals surface area contributed by atoms with Gasteiger partial charge in [-0.3, -0.25) is 0 Å². The Bertz CT molecular complexity index is 351. The van der Waals surface area contributed by atoms with Crippen molar-refractivity contribution in [3.63, 3.8) is 0 Å². The molecule has 2 saturated heterocycles. The van der Waals surface area contributed by atoms with Crippen molar-refractivity contribution in [1.82, 2.24) is 0 Å². The molecule has 0 saturated carbocycles. The van der Waals surface area contributed by atoms with Gasteiger partial charge in [-0.2, -0.15) is 0 Å². The van der Waals surface area contributed by atoms with Crippen molar-refractivity contribution < 1.29 is 9.16 Å². The molecule has 2 nitrogen and oxygen atoms in total. The van der Waals surface area contributed by atoms with Gasteiger partial charge in [-0.1, -0.05) is 20.8 Å². The quantitative estimate of drug-likeness (QED) is 0.535. The highest BCUT2D eigenvalue weighted by Gasteiger charge is 2.37. The summed E-state index contributed by atoms with van der Waals surface area (Å²) in [7, 11) is -1.60. The molecule has 2 rings (SSSR count). The number of rotatable bonds is 6. The minimum atomic E-state index is -1.60. The van der Waals surface area contributed by atoms with Crippen LogP contribution in [0.2, 0.25) is 18.1 Å². The number of thioether (sulfide) groups is 2. The fourth-order valence-electron chi connectivity index (χ4n) is 2.92. The highest BCUT2D eigenvalue weighted by molar-refractivity contribution is 8.17. The van der Waals surface area contributed by atoms with Gasteiger partial charge in [0.1, 0.15) is 0 Å².